The zero-order valence-electron chi connectivity index (χ0n) is 9.75. The fourth-order valence-corrected chi connectivity index (χ4v) is 1.45. The highest BCUT2D eigenvalue weighted by atomic mass is 16.5. The lowest BCUT2D eigenvalue weighted by atomic mass is 10.1. The number of methoxy groups -OCH3 is 1. The number of phenols is 1. The minimum Gasteiger partial charge on any atom is -0.504 e. The molecule has 1 aromatic heterocycles. The summed E-state index contributed by atoms with van der Waals surface area (Å²) in [7, 11) is 1.47. The fourth-order valence-electron chi connectivity index (χ4n) is 1.45. The summed E-state index contributed by atoms with van der Waals surface area (Å²) in [5.74, 6) is 0.499. The number of hydrogen-bond acceptors (Lipinski definition) is 4. The van der Waals surface area contributed by atoms with Crippen molar-refractivity contribution in [2.24, 2.45) is 0 Å². The molecule has 0 unspecified atom stereocenters. The Morgan fingerprint density at radius 2 is 2.33 bits per heavy atom. The Morgan fingerprint density at radius 1 is 1.50 bits per heavy atom. The van der Waals surface area contributed by atoms with Crippen LogP contribution < -0.4 is 4.74 Å². The van der Waals surface area contributed by atoms with Gasteiger partial charge in [-0.1, -0.05) is 12.1 Å². The third-order valence-electron chi connectivity index (χ3n) is 2.36. The maximum Gasteiger partial charge on any atom is 0.221 e. The lowest BCUT2D eigenvalue weighted by Gasteiger charge is -2.03. The van der Waals surface area contributed by atoms with Crippen molar-refractivity contribution in [3.05, 3.63) is 48.1 Å². The second kappa shape index (κ2) is 5.18. The van der Waals surface area contributed by atoms with E-state index < -0.39 is 0 Å². The third-order valence-corrected chi connectivity index (χ3v) is 2.36. The van der Waals surface area contributed by atoms with Gasteiger partial charge in [0.05, 0.1) is 7.11 Å². The quantitative estimate of drug-likeness (QED) is 0.637. The van der Waals surface area contributed by atoms with Crippen molar-refractivity contribution >= 4 is 11.9 Å². The Bertz CT molecular complexity index is 574. The average Bonchev–Trinajstić information content (AvgIpc) is 2.91. The number of aromatic amines is 1. The Hall–Kier alpha value is -2.56. The molecular formula is C13H12N2O3. The second-order valence-corrected chi connectivity index (χ2v) is 3.57. The smallest absolute Gasteiger partial charge is 0.221 e. The Morgan fingerprint density at radius 3 is 3.00 bits per heavy atom. The number of phenolic OH excluding ortho intramolecular Hbond substituents is 1. The first-order chi connectivity index (χ1) is 8.70. The molecular weight excluding hydrogens is 232 g/mol. The molecule has 5 nitrogen and oxygen atoms in total. The zero-order chi connectivity index (χ0) is 13.0. The normalized spacial score (nSPS) is 10.7. The van der Waals surface area contributed by atoms with Crippen LogP contribution in [0.2, 0.25) is 0 Å². The van der Waals surface area contributed by atoms with Gasteiger partial charge in [0, 0.05) is 12.4 Å². The molecule has 2 rings (SSSR count). The van der Waals surface area contributed by atoms with Crippen LogP contribution in [0.15, 0.2) is 36.7 Å². The van der Waals surface area contributed by atoms with Crippen LogP contribution in [-0.4, -0.2) is 28.0 Å². The maximum absolute atomic E-state index is 11.6. The molecule has 0 aliphatic heterocycles. The third kappa shape index (κ3) is 2.57. The van der Waals surface area contributed by atoms with E-state index in [1.807, 2.05) is 0 Å². The van der Waals surface area contributed by atoms with Crippen molar-refractivity contribution in [3.63, 3.8) is 0 Å². The highest BCUT2D eigenvalue weighted by Crippen LogP contribution is 2.26. The molecule has 92 valence electrons. The van der Waals surface area contributed by atoms with E-state index in [0.717, 1.165) is 5.56 Å². The van der Waals surface area contributed by atoms with E-state index in [9.17, 15) is 9.90 Å². The predicted octanol–water partition coefficient (Wildman–Crippen LogP) is 2.02. The van der Waals surface area contributed by atoms with Gasteiger partial charge in [-0.05, 0) is 23.8 Å². The Labute approximate surface area is 104 Å². The van der Waals surface area contributed by atoms with E-state index in [0.29, 0.717) is 5.75 Å². The fraction of sp³-hybridized carbons (Fsp3) is 0.0769. The molecule has 1 heterocycles. The summed E-state index contributed by atoms with van der Waals surface area (Å²) < 4.78 is 4.98. The van der Waals surface area contributed by atoms with Gasteiger partial charge < -0.3 is 14.8 Å². The van der Waals surface area contributed by atoms with Gasteiger partial charge in [0.2, 0.25) is 5.78 Å². The number of H-pyrrole nitrogens is 1. The number of carbonyl (C=O) groups is 1. The summed E-state index contributed by atoms with van der Waals surface area (Å²) in [5, 5.41) is 9.43. The van der Waals surface area contributed by atoms with Crippen molar-refractivity contribution in [2.75, 3.05) is 7.11 Å². The van der Waals surface area contributed by atoms with Crippen LogP contribution in [0.1, 0.15) is 16.2 Å². The highest BCUT2D eigenvalue weighted by molar-refractivity contribution is 6.04. The Balaban J connectivity index is 2.16. The lowest BCUT2D eigenvalue weighted by Crippen LogP contribution is -1.96. The van der Waals surface area contributed by atoms with Crippen LogP contribution in [-0.2, 0) is 0 Å². The number of allylic oxidation sites excluding steroid dienone is 1. The van der Waals surface area contributed by atoms with Crippen LogP contribution in [0.25, 0.3) is 6.08 Å². The summed E-state index contributed by atoms with van der Waals surface area (Å²) in [6, 6.07) is 4.83. The van der Waals surface area contributed by atoms with Gasteiger partial charge in [-0.3, -0.25) is 4.79 Å². The average molecular weight is 244 g/mol. The van der Waals surface area contributed by atoms with E-state index in [1.165, 1.54) is 25.4 Å². The molecule has 1 aromatic carbocycles. The molecule has 0 spiro atoms. The van der Waals surface area contributed by atoms with Gasteiger partial charge in [-0.2, -0.15) is 0 Å². The SMILES string of the molecule is COc1cc(/C=C/C(=O)c2ncc[nH]2)ccc1O. The summed E-state index contributed by atoms with van der Waals surface area (Å²) >= 11 is 0. The number of nitrogens with zero attached hydrogens (tertiary/aromatic N) is 1. The van der Waals surface area contributed by atoms with Gasteiger partial charge in [0.25, 0.3) is 0 Å². The first-order valence-corrected chi connectivity index (χ1v) is 5.29. The number of rotatable bonds is 4. The predicted molar refractivity (Wildman–Crippen MR) is 66.6 cm³/mol. The van der Waals surface area contributed by atoms with E-state index in [4.69, 9.17) is 4.74 Å². The molecule has 0 radical (unpaired) electrons. The van der Waals surface area contributed by atoms with Crippen molar-refractivity contribution in [1.82, 2.24) is 9.97 Å². The van der Waals surface area contributed by atoms with Gasteiger partial charge in [0.1, 0.15) is 0 Å². The van der Waals surface area contributed by atoms with E-state index in [2.05, 4.69) is 9.97 Å². The topological polar surface area (TPSA) is 75.2 Å². The number of aromatic nitrogens is 2. The molecule has 0 fully saturated rings. The molecule has 0 bridgehead atoms. The Kier molecular flexibility index (Phi) is 3.43. The minimum absolute atomic E-state index is 0.0620. The minimum atomic E-state index is -0.216. The number of imidazole rings is 1. The largest absolute Gasteiger partial charge is 0.504 e. The monoisotopic (exact) mass is 244 g/mol. The summed E-state index contributed by atoms with van der Waals surface area (Å²) in [6.07, 6.45) is 6.15. The number of aromatic hydroxyl groups is 1. The van der Waals surface area contributed by atoms with Gasteiger partial charge >= 0.3 is 0 Å². The number of ether oxygens (including phenoxy) is 1. The molecule has 0 saturated carbocycles. The van der Waals surface area contributed by atoms with E-state index >= 15 is 0 Å². The highest BCUT2D eigenvalue weighted by Gasteiger charge is 2.04. The molecule has 0 amide bonds. The number of ketones is 1. The first kappa shape index (κ1) is 11.9. The standard InChI is InChI=1S/C13H12N2O3/c1-18-12-8-9(2-4-10(12)16)3-5-11(17)13-14-6-7-15-13/h2-8,16H,1H3,(H,14,15)/b5-3+. The molecule has 0 atom stereocenters. The maximum atomic E-state index is 11.6. The molecule has 0 saturated heterocycles. The number of benzene rings is 1. The first-order valence-electron chi connectivity index (χ1n) is 5.29. The van der Waals surface area contributed by atoms with Crippen molar-refractivity contribution in [3.8, 4) is 11.5 Å². The number of carbonyl (C=O) groups excluding carboxylic acids is 1. The van der Waals surface area contributed by atoms with Crippen molar-refractivity contribution in [1.29, 1.82) is 0 Å². The van der Waals surface area contributed by atoms with Crippen LogP contribution in [0.3, 0.4) is 0 Å². The molecule has 2 N–H and O–H groups in total. The van der Waals surface area contributed by atoms with Gasteiger partial charge in [-0.15, -0.1) is 0 Å². The van der Waals surface area contributed by atoms with Crippen molar-refractivity contribution in [2.45, 2.75) is 0 Å². The summed E-state index contributed by atoms with van der Waals surface area (Å²) in [6.45, 7) is 0. The summed E-state index contributed by atoms with van der Waals surface area (Å²) in [5.41, 5.74) is 0.754. The second-order valence-electron chi connectivity index (χ2n) is 3.57. The molecule has 2 aromatic rings. The van der Waals surface area contributed by atoms with Crippen LogP contribution >= 0.6 is 0 Å². The van der Waals surface area contributed by atoms with Crippen LogP contribution in [0, 0.1) is 0 Å². The van der Waals surface area contributed by atoms with Crippen LogP contribution in [0.4, 0.5) is 0 Å². The molecule has 0 aliphatic carbocycles. The van der Waals surface area contributed by atoms with E-state index in [1.54, 1.807) is 24.4 Å². The molecule has 5 heteroatoms. The zero-order valence-corrected chi connectivity index (χ0v) is 9.75. The van der Waals surface area contributed by atoms with Crippen LogP contribution in [0.5, 0.6) is 11.5 Å². The van der Waals surface area contributed by atoms with E-state index in [-0.39, 0.29) is 17.4 Å². The van der Waals surface area contributed by atoms with Crippen molar-refractivity contribution < 1.29 is 14.6 Å². The lowest BCUT2D eigenvalue weighted by molar-refractivity contribution is 0.103. The number of hydrogen-bond donors (Lipinski definition) is 2. The van der Waals surface area contributed by atoms with Gasteiger partial charge in [-0.25, -0.2) is 4.98 Å². The van der Waals surface area contributed by atoms with Gasteiger partial charge in [0.15, 0.2) is 17.3 Å². The number of nitrogens with one attached hydrogen (secondary N) is 1. The molecule has 0 aliphatic rings. The molecule has 18 heavy (non-hydrogen) atoms. The summed E-state index contributed by atoms with van der Waals surface area (Å²) in [4.78, 5) is 18.2.